The van der Waals surface area contributed by atoms with Crippen LogP contribution in [0.4, 0.5) is 5.13 Å². The second-order valence-corrected chi connectivity index (χ2v) is 8.89. The summed E-state index contributed by atoms with van der Waals surface area (Å²) in [4.78, 5) is 22.2. The fourth-order valence-corrected chi connectivity index (χ4v) is 4.92. The van der Waals surface area contributed by atoms with Crippen LogP contribution in [0, 0.1) is 0 Å². The lowest BCUT2D eigenvalue weighted by atomic mass is 10.1. The van der Waals surface area contributed by atoms with E-state index in [1.807, 2.05) is 41.3 Å². The first-order chi connectivity index (χ1) is 14.7. The van der Waals surface area contributed by atoms with Gasteiger partial charge in [-0.1, -0.05) is 53.3 Å². The molecule has 1 aliphatic rings. The molecule has 1 amide bonds. The molecular formula is C23H26ClN3O2S. The number of hydrogen-bond acceptors (Lipinski definition) is 5. The number of hydrogen-bond donors (Lipinski definition) is 0. The first-order valence-corrected chi connectivity index (χ1v) is 11.6. The maximum atomic E-state index is 13.2. The number of aromatic nitrogens is 1. The summed E-state index contributed by atoms with van der Waals surface area (Å²) in [6, 6.07) is 15.8. The molecule has 0 unspecified atom stereocenters. The molecule has 158 valence electrons. The zero-order valence-corrected chi connectivity index (χ0v) is 18.5. The van der Waals surface area contributed by atoms with Crippen LogP contribution < -0.4 is 4.90 Å². The third-order valence-corrected chi connectivity index (χ3v) is 6.58. The van der Waals surface area contributed by atoms with Gasteiger partial charge in [0, 0.05) is 37.6 Å². The Hall–Kier alpha value is -1.99. The number of aryl methyl sites for hydroxylation is 1. The van der Waals surface area contributed by atoms with Crippen LogP contribution in [0.3, 0.4) is 0 Å². The second-order valence-electron chi connectivity index (χ2n) is 7.45. The van der Waals surface area contributed by atoms with Crippen molar-refractivity contribution in [3.05, 3.63) is 59.1 Å². The summed E-state index contributed by atoms with van der Waals surface area (Å²) in [5.41, 5.74) is 2.06. The van der Waals surface area contributed by atoms with Gasteiger partial charge in [-0.2, -0.15) is 0 Å². The maximum absolute atomic E-state index is 13.2. The summed E-state index contributed by atoms with van der Waals surface area (Å²) < 4.78 is 6.43. The number of carbonyl (C=O) groups is 1. The minimum Gasteiger partial charge on any atom is -0.379 e. The molecule has 5 nitrogen and oxygen atoms in total. The number of carbonyl (C=O) groups excluding carboxylic acids is 1. The number of fused-ring (bicyclic) bond motifs is 1. The van der Waals surface area contributed by atoms with E-state index in [0.717, 1.165) is 61.0 Å². The normalized spacial score (nSPS) is 14.8. The molecule has 2 aromatic carbocycles. The van der Waals surface area contributed by atoms with Crippen LogP contribution in [-0.4, -0.2) is 55.2 Å². The molecule has 3 aromatic rings. The minimum atomic E-state index is 0.117. The Morgan fingerprint density at radius 1 is 1.17 bits per heavy atom. The molecule has 0 bridgehead atoms. The number of ether oxygens (including phenoxy) is 1. The molecule has 1 aliphatic heterocycles. The smallest absolute Gasteiger partial charge is 0.229 e. The lowest BCUT2D eigenvalue weighted by Gasteiger charge is -2.27. The Morgan fingerprint density at radius 3 is 2.77 bits per heavy atom. The fourth-order valence-electron chi connectivity index (χ4n) is 3.64. The summed E-state index contributed by atoms with van der Waals surface area (Å²) in [7, 11) is 0. The number of thiazole rings is 1. The van der Waals surface area contributed by atoms with Crippen LogP contribution in [0.25, 0.3) is 10.2 Å². The summed E-state index contributed by atoms with van der Waals surface area (Å²) in [6.07, 6.45) is 2.11. The van der Waals surface area contributed by atoms with Crippen molar-refractivity contribution < 1.29 is 9.53 Å². The standard InChI is InChI=1S/C23H26ClN3O2S/c24-19-8-9-20-21(17-19)30-23(25-20)27(12-4-11-26-13-15-29-16-14-26)22(28)10-7-18-5-2-1-3-6-18/h1-3,5-6,8-9,17H,4,7,10-16H2. The Kier molecular flexibility index (Phi) is 7.33. The van der Waals surface area contributed by atoms with E-state index in [1.54, 1.807) is 0 Å². The first-order valence-electron chi connectivity index (χ1n) is 10.4. The largest absolute Gasteiger partial charge is 0.379 e. The molecule has 0 radical (unpaired) electrons. The van der Waals surface area contributed by atoms with Crippen molar-refractivity contribution >= 4 is 44.2 Å². The number of nitrogens with zero attached hydrogens (tertiary/aromatic N) is 3. The Morgan fingerprint density at radius 2 is 1.97 bits per heavy atom. The SMILES string of the molecule is O=C(CCc1ccccc1)N(CCCN1CCOCC1)c1nc2ccc(Cl)cc2s1. The summed E-state index contributed by atoms with van der Waals surface area (Å²) >= 11 is 7.67. The van der Waals surface area contributed by atoms with Crippen LogP contribution in [-0.2, 0) is 16.0 Å². The quantitative estimate of drug-likeness (QED) is 0.509. The Labute approximate surface area is 186 Å². The first kappa shape index (κ1) is 21.2. The molecular weight excluding hydrogens is 418 g/mol. The number of anilines is 1. The van der Waals surface area contributed by atoms with Crippen molar-refractivity contribution in [3.63, 3.8) is 0 Å². The van der Waals surface area contributed by atoms with Gasteiger partial charge in [-0.25, -0.2) is 4.98 Å². The average Bonchev–Trinajstić information content (AvgIpc) is 3.19. The molecule has 0 atom stereocenters. The molecule has 1 fully saturated rings. The van der Waals surface area contributed by atoms with E-state index >= 15 is 0 Å². The average molecular weight is 444 g/mol. The highest BCUT2D eigenvalue weighted by atomic mass is 35.5. The van der Waals surface area contributed by atoms with Crippen LogP contribution in [0.15, 0.2) is 48.5 Å². The van der Waals surface area contributed by atoms with Gasteiger partial charge in [-0.3, -0.25) is 14.6 Å². The fraction of sp³-hybridized carbons (Fsp3) is 0.391. The summed E-state index contributed by atoms with van der Waals surface area (Å²) in [5, 5.41) is 1.44. The van der Waals surface area contributed by atoms with Gasteiger partial charge in [0.15, 0.2) is 5.13 Å². The van der Waals surface area contributed by atoms with Crippen molar-refractivity contribution in [1.29, 1.82) is 0 Å². The number of halogens is 1. The predicted molar refractivity (Wildman–Crippen MR) is 124 cm³/mol. The van der Waals surface area contributed by atoms with Crippen LogP contribution in [0.1, 0.15) is 18.4 Å². The topological polar surface area (TPSA) is 45.7 Å². The van der Waals surface area contributed by atoms with E-state index in [9.17, 15) is 4.79 Å². The van der Waals surface area contributed by atoms with Gasteiger partial charge in [0.1, 0.15) is 0 Å². The lowest BCUT2D eigenvalue weighted by Crippen LogP contribution is -2.39. The molecule has 2 heterocycles. The second kappa shape index (κ2) is 10.4. The number of morpholine rings is 1. The van der Waals surface area contributed by atoms with Gasteiger partial charge in [-0.05, 0) is 36.6 Å². The van der Waals surface area contributed by atoms with Gasteiger partial charge in [-0.15, -0.1) is 0 Å². The zero-order valence-electron chi connectivity index (χ0n) is 16.9. The van der Waals surface area contributed by atoms with Crippen molar-refractivity contribution in [1.82, 2.24) is 9.88 Å². The van der Waals surface area contributed by atoms with E-state index in [2.05, 4.69) is 17.0 Å². The highest BCUT2D eigenvalue weighted by molar-refractivity contribution is 7.22. The van der Waals surface area contributed by atoms with Crippen molar-refractivity contribution in [2.75, 3.05) is 44.3 Å². The number of amides is 1. The minimum absolute atomic E-state index is 0.117. The van der Waals surface area contributed by atoms with E-state index in [0.29, 0.717) is 18.0 Å². The van der Waals surface area contributed by atoms with Gasteiger partial charge >= 0.3 is 0 Å². The number of benzene rings is 2. The molecule has 7 heteroatoms. The van der Waals surface area contributed by atoms with Gasteiger partial charge in [0.25, 0.3) is 0 Å². The predicted octanol–water partition coefficient (Wildman–Crippen LogP) is 4.64. The monoisotopic (exact) mass is 443 g/mol. The van der Waals surface area contributed by atoms with Gasteiger partial charge < -0.3 is 4.74 Å². The molecule has 1 aromatic heterocycles. The van der Waals surface area contributed by atoms with E-state index in [4.69, 9.17) is 21.3 Å². The third-order valence-electron chi connectivity index (χ3n) is 5.30. The van der Waals surface area contributed by atoms with E-state index in [-0.39, 0.29) is 5.91 Å². The molecule has 0 aliphatic carbocycles. The highest BCUT2D eigenvalue weighted by Gasteiger charge is 2.20. The third kappa shape index (κ3) is 5.58. The van der Waals surface area contributed by atoms with Crippen molar-refractivity contribution in [2.45, 2.75) is 19.3 Å². The van der Waals surface area contributed by atoms with Crippen LogP contribution in [0.2, 0.25) is 5.02 Å². The van der Waals surface area contributed by atoms with Crippen molar-refractivity contribution in [2.24, 2.45) is 0 Å². The van der Waals surface area contributed by atoms with Crippen LogP contribution in [0.5, 0.6) is 0 Å². The molecule has 0 N–H and O–H groups in total. The molecule has 0 saturated carbocycles. The van der Waals surface area contributed by atoms with Gasteiger partial charge in [0.2, 0.25) is 5.91 Å². The van der Waals surface area contributed by atoms with E-state index < -0.39 is 0 Å². The Balaban J connectivity index is 1.46. The van der Waals surface area contributed by atoms with Crippen molar-refractivity contribution in [3.8, 4) is 0 Å². The molecule has 0 spiro atoms. The lowest BCUT2D eigenvalue weighted by molar-refractivity contribution is -0.118. The summed E-state index contributed by atoms with van der Waals surface area (Å²) in [6.45, 7) is 5.13. The highest BCUT2D eigenvalue weighted by Crippen LogP contribution is 2.31. The van der Waals surface area contributed by atoms with Crippen LogP contribution >= 0.6 is 22.9 Å². The van der Waals surface area contributed by atoms with Gasteiger partial charge in [0.05, 0.1) is 23.4 Å². The Bertz CT molecular complexity index is 973. The zero-order chi connectivity index (χ0) is 20.8. The molecule has 1 saturated heterocycles. The summed E-state index contributed by atoms with van der Waals surface area (Å²) in [5.74, 6) is 0.117. The number of rotatable bonds is 8. The molecule has 4 rings (SSSR count). The maximum Gasteiger partial charge on any atom is 0.229 e. The molecule has 30 heavy (non-hydrogen) atoms. The van der Waals surface area contributed by atoms with E-state index in [1.165, 1.54) is 16.9 Å².